The van der Waals surface area contributed by atoms with E-state index in [2.05, 4.69) is 5.10 Å². The highest BCUT2D eigenvalue weighted by atomic mass is 35.5. The molecular formula is C13H15Cl2N3S. The summed E-state index contributed by atoms with van der Waals surface area (Å²) in [6.45, 7) is 0.851. The maximum Gasteiger partial charge on any atom is 0.178 e. The van der Waals surface area contributed by atoms with E-state index in [-0.39, 0.29) is 0 Å². The molecule has 1 aliphatic carbocycles. The minimum absolute atomic E-state index is 0.480. The van der Waals surface area contributed by atoms with E-state index in [1.807, 2.05) is 17.3 Å². The number of benzene rings is 1. The first-order valence-electron chi connectivity index (χ1n) is 6.28. The first-order chi connectivity index (χ1) is 9.11. The first-order valence-corrected chi connectivity index (χ1v) is 8.26. The molecule has 19 heavy (non-hydrogen) atoms. The highest BCUT2D eigenvalue weighted by Gasteiger charge is 2.36. The van der Waals surface area contributed by atoms with Crippen LogP contribution in [0.1, 0.15) is 29.9 Å². The van der Waals surface area contributed by atoms with Crippen molar-refractivity contribution in [2.45, 2.75) is 25.2 Å². The molecule has 1 aromatic carbocycles. The fourth-order valence-electron chi connectivity index (χ4n) is 3.03. The Kier molecular flexibility index (Phi) is 3.58. The van der Waals surface area contributed by atoms with Gasteiger partial charge in [-0.05, 0) is 42.7 Å². The van der Waals surface area contributed by atoms with E-state index in [0.29, 0.717) is 16.1 Å². The van der Waals surface area contributed by atoms with Crippen LogP contribution in [0.15, 0.2) is 11.2 Å². The normalized spacial score (nSPS) is 21.7. The van der Waals surface area contributed by atoms with Gasteiger partial charge >= 0.3 is 0 Å². The van der Waals surface area contributed by atoms with E-state index in [1.165, 1.54) is 35.7 Å². The van der Waals surface area contributed by atoms with Crippen molar-refractivity contribution >= 4 is 45.8 Å². The van der Waals surface area contributed by atoms with E-state index in [4.69, 9.17) is 28.9 Å². The van der Waals surface area contributed by atoms with Crippen LogP contribution in [0.2, 0.25) is 10.0 Å². The Bertz CT molecular complexity index is 559. The summed E-state index contributed by atoms with van der Waals surface area (Å²) in [5.41, 5.74) is 9.38. The quantitative estimate of drug-likeness (QED) is 0.632. The van der Waals surface area contributed by atoms with Gasteiger partial charge in [0.05, 0.1) is 10.7 Å². The molecule has 0 fully saturated rings. The molecule has 3 nitrogen and oxygen atoms in total. The Morgan fingerprint density at radius 1 is 1.47 bits per heavy atom. The van der Waals surface area contributed by atoms with Crippen LogP contribution in [0, 0.1) is 0 Å². The molecule has 1 aromatic rings. The molecule has 0 saturated heterocycles. The van der Waals surface area contributed by atoms with Gasteiger partial charge in [-0.2, -0.15) is 0 Å². The van der Waals surface area contributed by atoms with Crippen LogP contribution in [-0.4, -0.2) is 18.0 Å². The van der Waals surface area contributed by atoms with Crippen LogP contribution >= 0.6 is 35.0 Å². The molecule has 0 spiro atoms. The monoisotopic (exact) mass is 315 g/mol. The molecule has 0 saturated carbocycles. The van der Waals surface area contributed by atoms with Gasteiger partial charge in [-0.3, -0.25) is 5.01 Å². The number of hydrogen-bond acceptors (Lipinski definition) is 3. The number of amidine groups is 1. The SMILES string of the molecule is CS/C(N)=N/N1CC2CCCc3c(Cl)cc(Cl)c1c32. The van der Waals surface area contributed by atoms with Crippen LogP contribution in [-0.2, 0) is 6.42 Å². The van der Waals surface area contributed by atoms with E-state index >= 15 is 0 Å². The van der Waals surface area contributed by atoms with Crippen molar-refractivity contribution in [2.75, 3.05) is 17.8 Å². The van der Waals surface area contributed by atoms with Gasteiger partial charge < -0.3 is 5.73 Å². The van der Waals surface area contributed by atoms with E-state index in [0.717, 1.165) is 23.7 Å². The summed E-state index contributed by atoms with van der Waals surface area (Å²) in [6, 6.07) is 1.84. The van der Waals surface area contributed by atoms with Gasteiger partial charge in [0.15, 0.2) is 5.17 Å². The van der Waals surface area contributed by atoms with Gasteiger partial charge in [-0.25, -0.2) is 0 Å². The second-order valence-corrected chi connectivity index (χ2v) is 6.54. The zero-order chi connectivity index (χ0) is 13.6. The van der Waals surface area contributed by atoms with E-state index in [9.17, 15) is 0 Å². The van der Waals surface area contributed by atoms with Gasteiger partial charge in [0, 0.05) is 17.5 Å². The van der Waals surface area contributed by atoms with Crippen LogP contribution in [0.25, 0.3) is 0 Å². The summed E-state index contributed by atoms with van der Waals surface area (Å²) in [4.78, 5) is 0. The molecule has 2 N–H and O–H groups in total. The molecule has 1 unspecified atom stereocenters. The Labute approximate surface area is 127 Å². The van der Waals surface area contributed by atoms with E-state index in [1.54, 1.807) is 0 Å². The molecule has 6 heteroatoms. The highest BCUT2D eigenvalue weighted by Crippen LogP contribution is 2.50. The predicted octanol–water partition coefficient (Wildman–Crippen LogP) is 3.83. The summed E-state index contributed by atoms with van der Waals surface area (Å²) < 4.78 is 0. The molecule has 0 bridgehead atoms. The number of rotatable bonds is 1. The van der Waals surface area contributed by atoms with Crippen molar-refractivity contribution < 1.29 is 0 Å². The summed E-state index contributed by atoms with van der Waals surface area (Å²) in [5, 5.41) is 8.42. The third-order valence-corrected chi connectivity index (χ3v) is 4.94. The average molecular weight is 316 g/mol. The lowest BCUT2D eigenvalue weighted by Gasteiger charge is -2.21. The van der Waals surface area contributed by atoms with Gasteiger partial charge in [0.25, 0.3) is 0 Å². The molecule has 0 aromatic heterocycles. The third-order valence-electron chi connectivity index (χ3n) is 3.82. The summed E-state index contributed by atoms with van der Waals surface area (Å²) in [7, 11) is 0. The van der Waals surface area contributed by atoms with Crippen LogP contribution in [0.5, 0.6) is 0 Å². The van der Waals surface area contributed by atoms with E-state index < -0.39 is 0 Å². The molecule has 102 valence electrons. The van der Waals surface area contributed by atoms with Crippen molar-refractivity contribution in [3.63, 3.8) is 0 Å². The lowest BCUT2D eigenvalue weighted by molar-refractivity contribution is 0.576. The summed E-state index contributed by atoms with van der Waals surface area (Å²) >= 11 is 14.1. The standard InChI is InChI=1S/C13H15Cl2N3S/c1-19-13(16)17-18-6-7-3-2-4-8-9(14)5-10(15)12(18)11(7)8/h5,7H,2-4,6H2,1H3,(H2,16,17). The van der Waals surface area contributed by atoms with Crippen LogP contribution < -0.4 is 10.7 Å². The molecular weight excluding hydrogens is 301 g/mol. The number of hydrazone groups is 1. The summed E-state index contributed by atoms with van der Waals surface area (Å²) in [5.74, 6) is 0.480. The van der Waals surface area contributed by atoms with Gasteiger partial charge in [-0.1, -0.05) is 35.0 Å². The second-order valence-electron chi connectivity index (χ2n) is 4.89. The fourth-order valence-corrected chi connectivity index (χ4v) is 3.88. The third kappa shape index (κ3) is 2.20. The molecule has 2 aliphatic rings. The number of hydrogen-bond donors (Lipinski definition) is 1. The zero-order valence-corrected chi connectivity index (χ0v) is 12.9. The second kappa shape index (κ2) is 5.08. The number of nitrogens with zero attached hydrogens (tertiary/aromatic N) is 2. The highest BCUT2D eigenvalue weighted by molar-refractivity contribution is 8.13. The lowest BCUT2D eigenvalue weighted by atomic mass is 9.84. The molecule has 0 amide bonds. The molecule has 3 rings (SSSR count). The first kappa shape index (κ1) is 13.4. The predicted molar refractivity (Wildman–Crippen MR) is 84.6 cm³/mol. The van der Waals surface area contributed by atoms with Crippen molar-refractivity contribution in [1.29, 1.82) is 0 Å². The number of thioether (sulfide) groups is 1. The van der Waals surface area contributed by atoms with Crippen LogP contribution in [0.4, 0.5) is 5.69 Å². The lowest BCUT2D eigenvalue weighted by Crippen LogP contribution is -2.20. The zero-order valence-electron chi connectivity index (χ0n) is 10.6. The largest absolute Gasteiger partial charge is 0.377 e. The van der Waals surface area contributed by atoms with Crippen LogP contribution in [0.3, 0.4) is 0 Å². The Morgan fingerprint density at radius 3 is 3.00 bits per heavy atom. The number of nitrogens with two attached hydrogens (primary N) is 1. The molecule has 0 radical (unpaired) electrons. The molecule has 1 atom stereocenters. The number of halogens is 2. The minimum atomic E-state index is 0.480. The smallest absolute Gasteiger partial charge is 0.178 e. The summed E-state index contributed by atoms with van der Waals surface area (Å²) in [6.07, 6.45) is 5.29. The Hall–Kier alpha value is -0.580. The number of anilines is 1. The Balaban J connectivity index is 2.14. The van der Waals surface area contributed by atoms with Crippen molar-refractivity contribution in [3.8, 4) is 0 Å². The van der Waals surface area contributed by atoms with Gasteiger partial charge in [0.2, 0.25) is 0 Å². The van der Waals surface area contributed by atoms with Crippen molar-refractivity contribution in [3.05, 3.63) is 27.2 Å². The maximum absolute atomic E-state index is 6.37. The van der Waals surface area contributed by atoms with Crippen molar-refractivity contribution in [2.24, 2.45) is 10.8 Å². The topological polar surface area (TPSA) is 41.6 Å². The van der Waals surface area contributed by atoms with Gasteiger partial charge in [0.1, 0.15) is 0 Å². The molecule has 1 heterocycles. The maximum atomic E-state index is 6.37. The van der Waals surface area contributed by atoms with Gasteiger partial charge in [-0.15, -0.1) is 5.10 Å². The molecule has 1 aliphatic heterocycles. The fraction of sp³-hybridized carbons (Fsp3) is 0.462. The average Bonchev–Trinajstić information content (AvgIpc) is 2.75. The minimum Gasteiger partial charge on any atom is -0.377 e. The van der Waals surface area contributed by atoms with Crippen molar-refractivity contribution in [1.82, 2.24) is 0 Å². The Morgan fingerprint density at radius 2 is 2.26 bits per heavy atom.